The highest BCUT2D eigenvalue weighted by Crippen LogP contribution is 2.34. The van der Waals surface area contributed by atoms with Gasteiger partial charge in [-0.25, -0.2) is 9.97 Å². The minimum absolute atomic E-state index is 0.0451. The van der Waals surface area contributed by atoms with Crippen molar-refractivity contribution >= 4 is 50.8 Å². The fourth-order valence-electron chi connectivity index (χ4n) is 2.28. The Hall–Kier alpha value is -1.63. The van der Waals surface area contributed by atoms with Gasteiger partial charge in [0.15, 0.2) is 0 Å². The first-order valence-electron chi connectivity index (χ1n) is 7.40. The lowest BCUT2D eigenvalue weighted by Gasteiger charge is -2.07. The zero-order valence-electron chi connectivity index (χ0n) is 13.3. The van der Waals surface area contributed by atoms with E-state index < -0.39 is 0 Å². The van der Waals surface area contributed by atoms with Crippen molar-refractivity contribution in [1.29, 1.82) is 0 Å². The van der Waals surface area contributed by atoms with Crippen LogP contribution in [-0.4, -0.2) is 21.6 Å². The van der Waals surface area contributed by atoms with Gasteiger partial charge in [0, 0.05) is 21.8 Å². The molecule has 24 heavy (non-hydrogen) atoms. The standard InChI is InChI=1S/C17H16ClN3OS2/c1-10-11(2)24-17-15(10)16(20-9-21-17)23-8-14(22)19-7-12-5-3-4-6-13(12)18/h3-6,9H,7-8H2,1-2H3,(H,19,22). The maximum absolute atomic E-state index is 12.1. The summed E-state index contributed by atoms with van der Waals surface area (Å²) < 4.78 is 0. The summed E-state index contributed by atoms with van der Waals surface area (Å²) >= 11 is 9.19. The number of aromatic nitrogens is 2. The van der Waals surface area contributed by atoms with E-state index in [9.17, 15) is 4.79 Å². The lowest BCUT2D eigenvalue weighted by molar-refractivity contribution is -0.118. The van der Waals surface area contributed by atoms with Crippen molar-refractivity contribution in [2.45, 2.75) is 25.4 Å². The summed E-state index contributed by atoms with van der Waals surface area (Å²) in [4.78, 5) is 23.0. The first kappa shape index (κ1) is 17.2. The summed E-state index contributed by atoms with van der Waals surface area (Å²) in [5.41, 5.74) is 2.10. The molecule has 0 aliphatic carbocycles. The number of carbonyl (C=O) groups excluding carboxylic acids is 1. The van der Waals surface area contributed by atoms with E-state index >= 15 is 0 Å². The second-order valence-corrected chi connectivity index (χ2v) is 7.87. The molecule has 0 saturated heterocycles. The molecular weight excluding hydrogens is 362 g/mol. The molecule has 124 valence electrons. The van der Waals surface area contributed by atoms with Crippen molar-refractivity contribution in [3.63, 3.8) is 0 Å². The van der Waals surface area contributed by atoms with E-state index in [0.717, 1.165) is 20.8 Å². The highest BCUT2D eigenvalue weighted by atomic mass is 35.5. The number of nitrogens with one attached hydrogen (secondary N) is 1. The van der Waals surface area contributed by atoms with E-state index in [-0.39, 0.29) is 5.91 Å². The SMILES string of the molecule is Cc1sc2ncnc(SCC(=O)NCc3ccccc3Cl)c2c1C. The number of nitrogens with zero attached hydrogens (tertiary/aromatic N) is 2. The Morgan fingerprint density at radius 1 is 1.29 bits per heavy atom. The summed E-state index contributed by atoms with van der Waals surface area (Å²) in [5.74, 6) is 0.265. The molecule has 0 aliphatic rings. The van der Waals surface area contributed by atoms with Gasteiger partial charge in [0.1, 0.15) is 16.2 Å². The molecule has 0 bridgehead atoms. The maximum Gasteiger partial charge on any atom is 0.230 e. The van der Waals surface area contributed by atoms with Crippen LogP contribution in [0.4, 0.5) is 0 Å². The Balaban J connectivity index is 1.64. The summed E-state index contributed by atoms with van der Waals surface area (Å²) in [7, 11) is 0. The largest absolute Gasteiger partial charge is 0.351 e. The third kappa shape index (κ3) is 3.71. The number of benzene rings is 1. The van der Waals surface area contributed by atoms with Crippen LogP contribution in [0.2, 0.25) is 5.02 Å². The number of fused-ring (bicyclic) bond motifs is 1. The van der Waals surface area contributed by atoms with Crippen LogP contribution in [0.25, 0.3) is 10.2 Å². The van der Waals surface area contributed by atoms with Crippen LogP contribution in [-0.2, 0) is 11.3 Å². The van der Waals surface area contributed by atoms with Crippen LogP contribution < -0.4 is 5.32 Å². The number of thiophene rings is 1. The molecule has 0 fully saturated rings. The second-order valence-electron chi connectivity index (χ2n) is 5.30. The lowest BCUT2D eigenvalue weighted by Crippen LogP contribution is -2.24. The number of hydrogen-bond acceptors (Lipinski definition) is 5. The van der Waals surface area contributed by atoms with E-state index in [1.54, 1.807) is 17.7 Å². The number of hydrogen-bond donors (Lipinski definition) is 1. The average Bonchev–Trinajstić information content (AvgIpc) is 2.87. The van der Waals surface area contributed by atoms with Gasteiger partial charge in [-0.3, -0.25) is 4.79 Å². The zero-order valence-corrected chi connectivity index (χ0v) is 15.7. The Kier molecular flexibility index (Phi) is 5.38. The smallest absolute Gasteiger partial charge is 0.230 e. The lowest BCUT2D eigenvalue weighted by atomic mass is 10.2. The highest BCUT2D eigenvalue weighted by molar-refractivity contribution is 8.00. The number of aryl methyl sites for hydroxylation is 2. The Bertz CT molecular complexity index is 895. The zero-order chi connectivity index (χ0) is 17.1. The minimum atomic E-state index is -0.0451. The molecule has 2 aromatic heterocycles. The molecule has 0 radical (unpaired) electrons. The summed E-state index contributed by atoms with van der Waals surface area (Å²) in [6.07, 6.45) is 1.56. The maximum atomic E-state index is 12.1. The van der Waals surface area contributed by atoms with Gasteiger partial charge in [-0.05, 0) is 31.0 Å². The molecule has 0 spiro atoms. The van der Waals surface area contributed by atoms with Crippen molar-refractivity contribution in [3.05, 3.63) is 51.6 Å². The third-order valence-electron chi connectivity index (χ3n) is 3.70. The molecule has 0 aliphatic heterocycles. The molecular formula is C17H16ClN3OS2. The van der Waals surface area contributed by atoms with Gasteiger partial charge in [-0.2, -0.15) is 0 Å². The monoisotopic (exact) mass is 377 g/mol. The average molecular weight is 378 g/mol. The number of amides is 1. The molecule has 1 N–H and O–H groups in total. The molecule has 1 aromatic carbocycles. The fraction of sp³-hybridized carbons (Fsp3) is 0.235. The summed E-state index contributed by atoms with van der Waals surface area (Å²) in [6, 6.07) is 7.49. The van der Waals surface area contributed by atoms with Crippen molar-refractivity contribution in [2.75, 3.05) is 5.75 Å². The van der Waals surface area contributed by atoms with Gasteiger partial charge in [-0.1, -0.05) is 41.6 Å². The van der Waals surface area contributed by atoms with Crippen LogP contribution in [0.5, 0.6) is 0 Å². The molecule has 4 nitrogen and oxygen atoms in total. The first-order valence-corrected chi connectivity index (χ1v) is 9.58. The van der Waals surface area contributed by atoms with Crippen LogP contribution >= 0.6 is 34.7 Å². The third-order valence-corrected chi connectivity index (χ3v) is 6.18. The normalized spacial score (nSPS) is 11.0. The molecule has 0 unspecified atom stereocenters. The van der Waals surface area contributed by atoms with Crippen molar-refractivity contribution in [3.8, 4) is 0 Å². The van der Waals surface area contributed by atoms with Crippen molar-refractivity contribution in [2.24, 2.45) is 0 Å². The Morgan fingerprint density at radius 3 is 2.88 bits per heavy atom. The fourth-order valence-corrected chi connectivity index (χ4v) is 4.43. The number of thioether (sulfide) groups is 1. The molecule has 0 atom stereocenters. The van der Waals surface area contributed by atoms with Gasteiger partial charge in [-0.15, -0.1) is 11.3 Å². The number of carbonyl (C=O) groups is 1. The van der Waals surface area contributed by atoms with Gasteiger partial charge in [0.2, 0.25) is 5.91 Å². The van der Waals surface area contributed by atoms with Crippen molar-refractivity contribution in [1.82, 2.24) is 15.3 Å². The second kappa shape index (κ2) is 7.51. The van der Waals surface area contributed by atoms with Gasteiger partial charge >= 0.3 is 0 Å². The highest BCUT2D eigenvalue weighted by Gasteiger charge is 2.13. The summed E-state index contributed by atoms with van der Waals surface area (Å²) in [5, 5.41) is 5.47. The molecule has 2 heterocycles. The van der Waals surface area contributed by atoms with Crippen LogP contribution in [0.3, 0.4) is 0 Å². The molecule has 3 aromatic rings. The number of rotatable bonds is 5. The quantitative estimate of drug-likeness (QED) is 0.530. The Morgan fingerprint density at radius 2 is 2.08 bits per heavy atom. The van der Waals surface area contributed by atoms with Gasteiger partial charge in [0.25, 0.3) is 0 Å². The topological polar surface area (TPSA) is 54.9 Å². The van der Waals surface area contributed by atoms with Crippen molar-refractivity contribution < 1.29 is 4.79 Å². The molecule has 1 amide bonds. The predicted molar refractivity (Wildman–Crippen MR) is 101 cm³/mol. The van der Waals surface area contributed by atoms with Gasteiger partial charge < -0.3 is 5.32 Å². The van der Waals surface area contributed by atoms with Crippen LogP contribution in [0, 0.1) is 13.8 Å². The molecule has 7 heteroatoms. The minimum Gasteiger partial charge on any atom is -0.351 e. The van der Waals surface area contributed by atoms with E-state index in [0.29, 0.717) is 17.3 Å². The van der Waals surface area contributed by atoms with Crippen LogP contribution in [0.15, 0.2) is 35.6 Å². The van der Waals surface area contributed by atoms with E-state index in [1.807, 2.05) is 24.3 Å². The first-order chi connectivity index (χ1) is 11.6. The molecule has 3 rings (SSSR count). The van der Waals surface area contributed by atoms with E-state index in [1.165, 1.54) is 22.2 Å². The number of halogens is 1. The van der Waals surface area contributed by atoms with E-state index in [2.05, 4.69) is 29.1 Å². The van der Waals surface area contributed by atoms with Gasteiger partial charge in [0.05, 0.1) is 5.75 Å². The predicted octanol–water partition coefficient (Wildman–Crippen LogP) is 4.37. The van der Waals surface area contributed by atoms with Crippen LogP contribution in [0.1, 0.15) is 16.0 Å². The van der Waals surface area contributed by atoms with E-state index in [4.69, 9.17) is 11.6 Å². The Labute approximate surface area is 153 Å². The summed E-state index contributed by atoms with van der Waals surface area (Å²) in [6.45, 7) is 4.57. The molecule has 0 saturated carbocycles.